The van der Waals surface area contributed by atoms with Gasteiger partial charge in [0.2, 0.25) is 0 Å². The fraction of sp³-hybridized carbons (Fsp3) is 0.769. The van der Waals surface area contributed by atoms with Gasteiger partial charge in [-0.2, -0.15) is 5.10 Å². The maximum Gasteiger partial charge on any atom is 0.0764 e. The molecule has 0 amide bonds. The molecule has 1 fully saturated rings. The number of aryl methyl sites for hydroxylation is 1. The zero-order valence-electron chi connectivity index (χ0n) is 11.2. The molecule has 2 heterocycles. The molecule has 0 saturated carbocycles. The van der Waals surface area contributed by atoms with Crippen molar-refractivity contribution in [1.82, 2.24) is 20.0 Å². The summed E-state index contributed by atoms with van der Waals surface area (Å²) in [5.41, 5.74) is 1.18. The van der Waals surface area contributed by atoms with Crippen molar-refractivity contribution in [2.24, 2.45) is 7.05 Å². The van der Waals surface area contributed by atoms with Gasteiger partial charge in [-0.15, -0.1) is 0 Å². The minimum atomic E-state index is 0.576. The highest BCUT2D eigenvalue weighted by molar-refractivity contribution is 5.00. The van der Waals surface area contributed by atoms with Gasteiger partial charge in [-0.05, 0) is 25.5 Å². The largest absolute Gasteiger partial charge is 0.313 e. The molecule has 1 aliphatic heterocycles. The Kier molecular flexibility index (Phi) is 4.18. The summed E-state index contributed by atoms with van der Waals surface area (Å²) < 4.78 is 1.88. The van der Waals surface area contributed by atoms with E-state index < -0.39 is 0 Å². The summed E-state index contributed by atoms with van der Waals surface area (Å²) in [6.45, 7) is 7.72. The highest BCUT2D eigenvalue weighted by Gasteiger charge is 2.24. The van der Waals surface area contributed by atoms with Crippen LogP contribution >= 0.6 is 0 Å². The van der Waals surface area contributed by atoms with E-state index in [1.54, 1.807) is 0 Å². The summed E-state index contributed by atoms with van der Waals surface area (Å²) in [7, 11) is 1.98. The first-order valence-electron chi connectivity index (χ1n) is 6.61. The lowest BCUT2D eigenvalue weighted by Gasteiger charge is -2.24. The monoisotopic (exact) mass is 236 g/mol. The zero-order chi connectivity index (χ0) is 12.3. The Balaban J connectivity index is 1.86. The number of hydrogen-bond donors (Lipinski definition) is 1. The number of hydrogen-bond acceptors (Lipinski definition) is 3. The van der Waals surface area contributed by atoms with Crippen LogP contribution in [-0.4, -0.2) is 39.9 Å². The quantitative estimate of drug-likeness (QED) is 0.838. The van der Waals surface area contributed by atoms with Gasteiger partial charge in [0.1, 0.15) is 0 Å². The molecule has 1 N–H and O–H groups in total. The van der Waals surface area contributed by atoms with Gasteiger partial charge in [-0.1, -0.05) is 13.8 Å². The SMILES string of the molecule is CC(C)NCC1CCCN1Cc1ccn(C)n1. The number of nitrogens with zero attached hydrogens (tertiary/aromatic N) is 3. The molecule has 0 spiro atoms. The second kappa shape index (κ2) is 5.65. The molecule has 4 heteroatoms. The molecule has 0 bridgehead atoms. The van der Waals surface area contributed by atoms with Gasteiger partial charge in [0, 0.05) is 38.4 Å². The Labute approximate surface area is 104 Å². The molecule has 2 rings (SSSR count). The molecule has 0 aliphatic carbocycles. The third-order valence-corrected chi connectivity index (χ3v) is 3.39. The van der Waals surface area contributed by atoms with Gasteiger partial charge in [-0.3, -0.25) is 9.58 Å². The summed E-state index contributed by atoms with van der Waals surface area (Å²) in [5.74, 6) is 0. The first-order valence-corrected chi connectivity index (χ1v) is 6.61. The maximum absolute atomic E-state index is 4.46. The summed E-state index contributed by atoms with van der Waals surface area (Å²) in [6, 6.07) is 3.37. The number of aromatic nitrogens is 2. The highest BCUT2D eigenvalue weighted by Crippen LogP contribution is 2.18. The van der Waals surface area contributed by atoms with Crippen molar-refractivity contribution in [2.75, 3.05) is 13.1 Å². The standard InChI is InChI=1S/C13H24N4/c1-11(2)14-9-13-5-4-7-17(13)10-12-6-8-16(3)15-12/h6,8,11,13-14H,4-5,7,9-10H2,1-3H3. The lowest BCUT2D eigenvalue weighted by Crippen LogP contribution is -2.39. The van der Waals surface area contributed by atoms with E-state index in [0.29, 0.717) is 12.1 Å². The van der Waals surface area contributed by atoms with E-state index in [0.717, 1.165) is 13.1 Å². The summed E-state index contributed by atoms with van der Waals surface area (Å²) >= 11 is 0. The van der Waals surface area contributed by atoms with Gasteiger partial charge in [0.15, 0.2) is 0 Å². The number of nitrogens with one attached hydrogen (secondary N) is 1. The van der Waals surface area contributed by atoms with Crippen LogP contribution in [0.25, 0.3) is 0 Å². The minimum absolute atomic E-state index is 0.576. The number of rotatable bonds is 5. The number of likely N-dealkylation sites (tertiary alicyclic amines) is 1. The van der Waals surface area contributed by atoms with E-state index in [9.17, 15) is 0 Å². The lowest BCUT2D eigenvalue weighted by atomic mass is 10.2. The summed E-state index contributed by atoms with van der Waals surface area (Å²) in [6.07, 6.45) is 4.65. The molecule has 0 aromatic carbocycles. The molecule has 0 radical (unpaired) electrons. The van der Waals surface area contributed by atoms with E-state index >= 15 is 0 Å². The van der Waals surface area contributed by atoms with E-state index in [-0.39, 0.29) is 0 Å². The van der Waals surface area contributed by atoms with Crippen molar-refractivity contribution >= 4 is 0 Å². The molecule has 96 valence electrons. The Bertz CT molecular complexity index is 345. The Morgan fingerprint density at radius 2 is 2.35 bits per heavy atom. The zero-order valence-corrected chi connectivity index (χ0v) is 11.2. The van der Waals surface area contributed by atoms with Gasteiger partial charge < -0.3 is 5.32 Å². The van der Waals surface area contributed by atoms with Crippen molar-refractivity contribution in [3.8, 4) is 0 Å². The molecular formula is C13H24N4. The van der Waals surface area contributed by atoms with Crippen LogP contribution in [0.15, 0.2) is 12.3 Å². The Hall–Kier alpha value is -0.870. The molecule has 1 aromatic heterocycles. The van der Waals surface area contributed by atoms with Crippen molar-refractivity contribution in [3.05, 3.63) is 18.0 Å². The topological polar surface area (TPSA) is 33.1 Å². The van der Waals surface area contributed by atoms with Gasteiger partial charge in [0.25, 0.3) is 0 Å². The Morgan fingerprint density at radius 1 is 1.53 bits per heavy atom. The molecule has 4 nitrogen and oxygen atoms in total. The highest BCUT2D eigenvalue weighted by atomic mass is 15.3. The summed E-state index contributed by atoms with van der Waals surface area (Å²) in [4.78, 5) is 2.55. The van der Waals surface area contributed by atoms with Crippen molar-refractivity contribution < 1.29 is 0 Å². The predicted octanol–water partition coefficient (Wildman–Crippen LogP) is 1.38. The van der Waals surface area contributed by atoms with Crippen molar-refractivity contribution in [3.63, 3.8) is 0 Å². The molecule has 1 aliphatic rings. The average molecular weight is 236 g/mol. The molecular weight excluding hydrogens is 212 g/mol. The van der Waals surface area contributed by atoms with Crippen LogP contribution in [-0.2, 0) is 13.6 Å². The maximum atomic E-state index is 4.46. The summed E-state index contributed by atoms with van der Waals surface area (Å²) in [5, 5.41) is 8.00. The lowest BCUT2D eigenvalue weighted by molar-refractivity contribution is 0.233. The van der Waals surface area contributed by atoms with E-state index in [1.807, 2.05) is 17.9 Å². The van der Waals surface area contributed by atoms with Crippen LogP contribution in [0.3, 0.4) is 0 Å². The first-order chi connectivity index (χ1) is 8.15. The molecule has 1 saturated heterocycles. The van der Waals surface area contributed by atoms with Crippen molar-refractivity contribution in [1.29, 1.82) is 0 Å². The van der Waals surface area contributed by atoms with Crippen LogP contribution in [0.4, 0.5) is 0 Å². The molecule has 17 heavy (non-hydrogen) atoms. The van der Waals surface area contributed by atoms with E-state index in [4.69, 9.17) is 0 Å². The average Bonchev–Trinajstić information content (AvgIpc) is 2.86. The van der Waals surface area contributed by atoms with Gasteiger partial charge >= 0.3 is 0 Å². The third-order valence-electron chi connectivity index (χ3n) is 3.39. The van der Waals surface area contributed by atoms with Crippen LogP contribution in [0.2, 0.25) is 0 Å². The van der Waals surface area contributed by atoms with Gasteiger partial charge in [0.05, 0.1) is 5.69 Å². The molecule has 1 unspecified atom stereocenters. The smallest absolute Gasteiger partial charge is 0.0764 e. The van der Waals surface area contributed by atoms with Crippen LogP contribution in [0.1, 0.15) is 32.4 Å². The minimum Gasteiger partial charge on any atom is -0.313 e. The fourth-order valence-corrected chi connectivity index (χ4v) is 2.46. The Morgan fingerprint density at radius 3 is 3.00 bits per heavy atom. The normalized spacial score (nSPS) is 21.5. The predicted molar refractivity (Wildman–Crippen MR) is 69.8 cm³/mol. The first kappa shape index (κ1) is 12.6. The van der Waals surface area contributed by atoms with Crippen LogP contribution in [0, 0.1) is 0 Å². The second-order valence-corrected chi connectivity index (χ2v) is 5.31. The fourth-order valence-electron chi connectivity index (χ4n) is 2.46. The molecule has 1 atom stereocenters. The molecule has 1 aromatic rings. The van der Waals surface area contributed by atoms with Crippen molar-refractivity contribution in [2.45, 2.75) is 45.3 Å². The van der Waals surface area contributed by atoms with E-state index in [1.165, 1.54) is 25.1 Å². The second-order valence-electron chi connectivity index (χ2n) is 5.31. The third kappa shape index (κ3) is 3.54. The van der Waals surface area contributed by atoms with Crippen LogP contribution in [0.5, 0.6) is 0 Å². The van der Waals surface area contributed by atoms with Gasteiger partial charge in [-0.25, -0.2) is 0 Å². The van der Waals surface area contributed by atoms with Crippen LogP contribution < -0.4 is 5.32 Å². The van der Waals surface area contributed by atoms with E-state index in [2.05, 4.69) is 35.2 Å².